The lowest BCUT2D eigenvalue weighted by atomic mass is 9.51. The molecule has 0 aromatic heterocycles. The molecular weight excluding hydrogens is 384 g/mol. The van der Waals surface area contributed by atoms with Gasteiger partial charge >= 0.3 is 0 Å². The Kier molecular flexibility index (Phi) is 5.00. The highest BCUT2D eigenvalue weighted by molar-refractivity contribution is 5.93. The van der Waals surface area contributed by atoms with Crippen LogP contribution in [0.1, 0.15) is 75.8 Å². The molecule has 0 saturated heterocycles. The fourth-order valence-electron chi connectivity index (χ4n) is 7.23. The third-order valence-electron chi connectivity index (χ3n) is 8.78. The fraction of sp³-hybridized carbons (Fsp3) is 0.536. The first kappa shape index (κ1) is 20.7. The summed E-state index contributed by atoms with van der Waals surface area (Å²) in [4.78, 5) is 12.1. The van der Waals surface area contributed by atoms with Crippen LogP contribution in [0, 0.1) is 29.1 Å². The average Bonchev–Trinajstić information content (AvgIpc) is 3.03. The Hall–Kier alpha value is -2.15. The molecule has 0 spiro atoms. The average molecular weight is 417 g/mol. The van der Waals surface area contributed by atoms with Gasteiger partial charge in [0, 0.05) is 17.8 Å². The molecule has 2 fully saturated rings. The summed E-state index contributed by atoms with van der Waals surface area (Å²) in [6.07, 6.45) is 8.01. The summed E-state index contributed by atoms with van der Waals surface area (Å²) in [5.41, 5.74) is 5.18. The SMILES string of the molecule is CC#C[C@]1(O)CC[C@H]2[C@@H]3CCC4=CC(=O)CCC4=C3[C@@H](c3ccc(CO)cc3)C[C@@]21C. The largest absolute Gasteiger partial charge is 0.392 e. The number of aliphatic hydroxyl groups is 2. The van der Waals surface area contributed by atoms with Gasteiger partial charge in [0.25, 0.3) is 0 Å². The molecule has 3 heteroatoms. The number of carbonyl (C=O) groups excluding carboxylic acids is 1. The fourth-order valence-corrected chi connectivity index (χ4v) is 7.23. The van der Waals surface area contributed by atoms with E-state index in [0.29, 0.717) is 18.3 Å². The maximum absolute atomic E-state index is 12.1. The normalized spacial score (nSPS) is 36.7. The zero-order valence-corrected chi connectivity index (χ0v) is 18.6. The summed E-state index contributed by atoms with van der Waals surface area (Å²) >= 11 is 0. The van der Waals surface area contributed by atoms with Crippen molar-refractivity contribution in [1.29, 1.82) is 0 Å². The molecule has 3 nitrogen and oxygen atoms in total. The zero-order chi connectivity index (χ0) is 21.8. The van der Waals surface area contributed by atoms with Crippen molar-refractivity contribution in [1.82, 2.24) is 0 Å². The predicted molar refractivity (Wildman–Crippen MR) is 121 cm³/mol. The second kappa shape index (κ2) is 7.47. The summed E-state index contributed by atoms with van der Waals surface area (Å²) in [5, 5.41) is 21.2. The van der Waals surface area contributed by atoms with Crippen molar-refractivity contribution in [3.63, 3.8) is 0 Å². The molecule has 0 heterocycles. The predicted octanol–water partition coefficient (Wildman–Crippen LogP) is 4.83. The Labute approximate surface area is 185 Å². The van der Waals surface area contributed by atoms with E-state index in [1.807, 2.05) is 25.1 Å². The number of allylic oxidation sites excluding steroid dienone is 4. The smallest absolute Gasteiger partial charge is 0.156 e. The van der Waals surface area contributed by atoms with Crippen molar-refractivity contribution in [2.45, 2.75) is 76.9 Å². The molecule has 0 radical (unpaired) electrons. The van der Waals surface area contributed by atoms with E-state index in [1.165, 1.54) is 22.3 Å². The molecule has 31 heavy (non-hydrogen) atoms. The number of ketones is 1. The van der Waals surface area contributed by atoms with Gasteiger partial charge in [-0.3, -0.25) is 4.79 Å². The van der Waals surface area contributed by atoms with Crippen LogP contribution < -0.4 is 0 Å². The van der Waals surface area contributed by atoms with E-state index >= 15 is 0 Å². The van der Waals surface area contributed by atoms with E-state index in [-0.39, 0.29) is 23.7 Å². The minimum atomic E-state index is -0.940. The van der Waals surface area contributed by atoms with Gasteiger partial charge in [0.2, 0.25) is 0 Å². The van der Waals surface area contributed by atoms with Gasteiger partial charge in [0.1, 0.15) is 5.60 Å². The van der Waals surface area contributed by atoms with E-state index in [1.54, 1.807) is 0 Å². The molecule has 0 aliphatic heterocycles. The first-order valence-electron chi connectivity index (χ1n) is 11.7. The van der Waals surface area contributed by atoms with Crippen LogP contribution >= 0.6 is 0 Å². The van der Waals surface area contributed by atoms with Crippen molar-refractivity contribution in [2.75, 3.05) is 0 Å². The van der Waals surface area contributed by atoms with Crippen LogP contribution in [-0.2, 0) is 11.4 Å². The molecule has 1 aromatic rings. The lowest BCUT2D eigenvalue weighted by Crippen LogP contribution is -2.51. The lowest BCUT2D eigenvalue weighted by molar-refractivity contribution is -0.114. The number of rotatable bonds is 2. The highest BCUT2D eigenvalue weighted by Crippen LogP contribution is 2.66. The van der Waals surface area contributed by atoms with E-state index in [2.05, 4.69) is 30.9 Å². The zero-order valence-electron chi connectivity index (χ0n) is 18.6. The van der Waals surface area contributed by atoms with Crippen LogP contribution in [0.2, 0.25) is 0 Å². The molecule has 162 valence electrons. The van der Waals surface area contributed by atoms with E-state index in [4.69, 9.17) is 0 Å². The molecule has 2 N–H and O–H groups in total. The molecule has 5 rings (SSSR count). The Morgan fingerprint density at radius 2 is 1.90 bits per heavy atom. The molecule has 2 saturated carbocycles. The van der Waals surface area contributed by atoms with Gasteiger partial charge in [0.05, 0.1) is 6.61 Å². The van der Waals surface area contributed by atoms with Gasteiger partial charge in [-0.15, -0.1) is 5.92 Å². The van der Waals surface area contributed by atoms with Crippen LogP contribution in [0.3, 0.4) is 0 Å². The third kappa shape index (κ3) is 3.07. The number of aliphatic hydroxyl groups excluding tert-OH is 1. The third-order valence-corrected chi connectivity index (χ3v) is 8.78. The summed E-state index contributed by atoms with van der Waals surface area (Å²) in [5.74, 6) is 7.56. The summed E-state index contributed by atoms with van der Waals surface area (Å²) in [7, 11) is 0. The number of fused-ring (bicyclic) bond motifs is 4. The second-order valence-electron chi connectivity index (χ2n) is 10.2. The van der Waals surface area contributed by atoms with Gasteiger partial charge in [-0.05, 0) is 85.6 Å². The van der Waals surface area contributed by atoms with Crippen molar-refractivity contribution in [2.24, 2.45) is 17.3 Å². The quantitative estimate of drug-likeness (QED) is 0.679. The topological polar surface area (TPSA) is 57.5 Å². The number of hydrogen-bond acceptors (Lipinski definition) is 3. The van der Waals surface area contributed by atoms with E-state index in [0.717, 1.165) is 44.1 Å². The van der Waals surface area contributed by atoms with Crippen LogP contribution in [0.5, 0.6) is 0 Å². The Balaban J connectivity index is 1.68. The van der Waals surface area contributed by atoms with Crippen LogP contribution in [0.15, 0.2) is 47.1 Å². The molecule has 1 aromatic carbocycles. The maximum atomic E-state index is 12.1. The van der Waals surface area contributed by atoms with Crippen molar-refractivity contribution in [3.8, 4) is 11.8 Å². The molecule has 0 amide bonds. The van der Waals surface area contributed by atoms with E-state index in [9.17, 15) is 15.0 Å². The summed E-state index contributed by atoms with van der Waals surface area (Å²) in [6.45, 7) is 4.14. The van der Waals surface area contributed by atoms with Crippen LogP contribution in [0.25, 0.3) is 0 Å². The highest BCUT2D eigenvalue weighted by atomic mass is 16.3. The molecular formula is C28H32O3. The van der Waals surface area contributed by atoms with Crippen molar-refractivity contribution < 1.29 is 15.0 Å². The summed E-state index contributed by atoms with van der Waals surface area (Å²) in [6, 6.07) is 8.33. The summed E-state index contributed by atoms with van der Waals surface area (Å²) < 4.78 is 0. The van der Waals surface area contributed by atoms with Gasteiger partial charge in [-0.1, -0.05) is 42.7 Å². The molecule has 5 atom stereocenters. The van der Waals surface area contributed by atoms with Crippen LogP contribution in [0.4, 0.5) is 0 Å². The molecule has 4 aliphatic rings. The number of hydrogen-bond donors (Lipinski definition) is 2. The van der Waals surface area contributed by atoms with E-state index < -0.39 is 5.60 Å². The molecule has 4 aliphatic carbocycles. The minimum Gasteiger partial charge on any atom is -0.392 e. The van der Waals surface area contributed by atoms with Crippen molar-refractivity contribution >= 4 is 5.78 Å². The lowest BCUT2D eigenvalue weighted by Gasteiger charge is -2.53. The maximum Gasteiger partial charge on any atom is 0.156 e. The Morgan fingerprint density at radius 1 is 1.13 bits per heavy atom. The Bertz CT molecular complexity index is 1030. The molecule has 0 bridgehead atoms. The second-order valence-corrected chi connectivity index (χ2v) is 10.2. The van der Waals surface area contributed by atoms with Crippen molar-refractivity contribution in [3.05, 3.63) is 58.2 Å². The number of carbonyl (C=O) groups is 1. The highest BCUT2D eigenvalue weighted by Gasteiger charge is 2.62. The van der Waals surface area contributed by atoms with Gasteiger partial charge in [0.15, 0.2) is 5.78 Å². The minimum absolute atomic E-state index is 0.0438. The number of benzene rings is 1. The monoisotopic (exact) mass is 416 g/mol. The van der Waals surface area contributed by atoms with Gasteiger partial charge in [-0.2, -0.15) is 0 Å². The molecule has 0 unspecified atom stereocenters. The van der Waals surface area contributed by atoms with Crippen LogP contribution in [-0.4, -0.2) is 21.6 Å². The first-order chi connectivity index (χ1) is 14.9. The Morgan fingerprint density at radius 3 is 2.61 bits per heavy atom. The van der Waals surface area contributed by atoms with Gasteiger partial charge in [-0.25, -0.2) is 0 Å². The van der Waals surface area contributed by atoms with Gasteiger partial charge < -0.3 is 10.2 Å². The standard InChI is InChI=1S/C28H32O3/c1-3-13-28(31)14-12-25-23-10-8-20-15-21(30)9-11-22(20)26(23)24(16-27(25,28)2)19-6-4-18(17-29)5-7-19/h4-7,15,23-25,29,31H,8-12,14,16-17H2,1-2H3/t23-,24+,25-,27-,28-/m0/s1. The first-order valence-corrected chi connectivity index (χ1v) is 11.7.